The Morgan fingerprint density at radius 2 is 2.20 bits per heavy atom. The highest BCUT2D eigenvalue weighted by Gasteiger charge is 2.20. The molecule has 1 heterocycles. The number of rotatable bonds is 2. The first kappa shape index (κ1) is 9.98. The molecule has 1 aliphatic heterocycles. The van der Waals surface area contributed by atoms with Crippen molar-refractivity contribution in [2.45, 2.75) is 19.6 Å². The second-order valence-electron chi connectivity index (χ2n) is 3.75. The van der Waals surface area contributed by atoms with Crippen LogP contribution >= 0.6 is 0 Å². The number of nitrogens with one attached hydrogen (secondary N) is 3. The fourth-order valence-electron chi connectivity index (χ4n) is 1.76. The van der Waals surface area contributed by atoms with Crippen LogP contribution < -0.4 is 16.0 Å². The summed E-state index contributed by atoms with van der Waals surface area (Å²) in [5, 5.41) is 9.10. The van der Waals surface area contributed by atoms with Gasteiger partial charge in [0.15, 0.2) is 0 Å². The van der Waals surface area contributed by atoms with E-state index >= 15 is 0 Å². The zero-order chi connectivity index (χ0) is 10.8. The van der Waals surface area contributed by atoms with Gasteiger partial charge in [0, 0.05) is 12.2 Å². The molecule has 2 rings (SSSR count). The van der Waals surface area contributed by atoms with Crippen molar-refractivity contribution < 1.29 is 4.79 Å². The SMILES string of the molecule is CNCc1ccc2c(c1)C(=O)NC(C)N2. The van der Waals surface area contributed by atoms with Crippen LogP contribution in [0.1, 0.15) is 22.8 Å². The van der Waals surface area contributed by atoms with Gasteiger partial charge in [0.1, 0.15) is 0 Å². The first-order valence-corrected chi connectivity index (χ1v) is 5.05. The van der Waals surface area contributed by atoms with Gasteiger partial charge in [-0.15, -0.1) is 0 Å². The van der Waals surface area contributed by atoms with E-state index in [1.165, 1.54) is 0 Å². The Kier molecular flexibility index (Phi) is 2.60. The third kappa shape index (κ3) is 1.94. The number of amides is 1. The van der Waals surface area contributed by atoms with Crippen LogP contribution in [0.2, 0.25) is 0 Å². The zero-order valence-electron chi connectivity index (χ0n) is 8.92. The van der Waals surface area contributed by atoms with E-state index in [2.05, 4.69) is 16.0 Å². The number of hydrogen-bond donors (Lipinski definition) is 3. The van der Waals surface area contributed by atoms with Crippen LogP contribution in [-0.2, 0) is 6.54 Å². The molecule has 1 aromatic carbocycles. The summed E-state index contributed by atoms with van der Waals surface area (Å²) in [6.45, 7) is 2.69. The van der Waals surface area contributed by atoms with Gasteiger partial charge in [0.25, 0.3) is 5.91 Å². The molecule has 3 N–H and O–H groups in total. The molecule has 0 fully saturated rings. The minimum absolute atomic E-state index is 0.000139. The summed E-state index contributed by atoms with van der Waals surface area (Å²) >= 11 is 0. The lowest BCUT2D eigenvalue weighted by Gasteiger charge is -2.25. The topological polar surface area (TPSA) is 53.2 Å². The molecule has 1 amide bonds. The number of carbonyl (C=O) groups excluding carboxylic acids is 1. The van der Waals surface area contributed by atoms with Crippen molar-refractivity contribution in [3.63, 3.8) is 0 Å². The molecule has 0 aliphatic carbocycles. The van der Waals surface area contributed by atoms with E-state index in [0.29, 0.717) is 0 Å². The average Bonchev–Trinajstić information content (AvgIpc) is 2.19. The second kappa shape index (κ2) is 3.90. The summed E-state index contributed by atoms with van der Waals surface area (Å²) in [6, 6.07) is 5.89. The van der Waals surface area contributed by atoms with Crippen molar-refractivity contribution in [1.29, 1.82) is 0 Å². The predicted octanol–water partition coefficient (Wildman–Crippen LogP) is 0.907. The smallest absolute Gasteiger partial charge is 0.254 e. The minimum atomic E-state index is -0.00537. The molecule has 1 unspecified atom stereocenters. The van der Waals surface area contributed by atoms with Gasteiger partial charge in [-0.1, -0.05) is 6.07 Å². The third-order valence-electron chi connectivity index (χ3n) is 2.43. The average molecular weight is 205 g/mol. The first-order chi connectivity index (χ1) is 7.20. The van der Waals surface area contributed by atoms with Crippen LogP contribution in [0.15, 0.2) is 18.2 Å². The lowest BCUT2D eigenvalue weighted by Crippen LogP contribution is -2.42. The molecule has 1 atom stereocenters. The van der Waals surface area contributed by atoms with E-state index in [9.17, 15) is 4.79 Å². The van der Waals surface area contributed by atoms with Gasteiger partial charge in [0.05, 0.1) is 11.7 Å². The third-order valence-corrected chi connectivity index (χ3v) is 2.43. The molecule has 0 saturated heterocycles. The van der Waals surface area contributed by atoms with Gasteiger partial charge in [-0.3, -0.25) is 4.79 Å². The Balaban J connectivity index is 2.35. The number of fused-ring (bicyclic) bond motifs is 1. The van der Waals surface area contributed by atoms with E-state index in [4.69, 9.17) is 0 Å². The maximum atomic E-state index is 11.7. The van der Waals surface area contributed by atoms with E-state index in [0.717, 1.165) is 23.4 Å². The molecular formula is C11H15N3O. The quantitative estimate of drug-likeness (QED) is 0.672. The normalized spacial score (nSPS) is 19.1. The molecule has 0 spiro atoms. The molecule has 1 aliphatic rings. The Hall–Kier alpha value is -1.55. The predicted molar refractivity (Wildman–Crippen MR) is 59.8 cm³/mol. The van der Waals surface area contributed by atoms with Gasteiger partial charge in [-0.2, -0.15) is 0 Å². The van der Waals surface area contributed by atoms with Gasteiger partial charge in [0.2, 0.25) is 0 Å². The van der Waals surface area contributed by atoms with Crippen LogP contribution in [0.5, 0.6) is 0 Å². The molecule has 4 nitrogen and oxygen atoms in total. The number of carbonyl (C=O) groups is 1. The van der Waals surface area contributed by atoms with Gasteiger partial charge in [-0.05, 0) is 31.7 Å². The van der Waals surface area contributed by atoms with Crippen molar-refractivity contribution in [2.75, 3.05) is 12.4 Å². The largest absolute Gasteiger partial charge is 0.365 e. The standard InChI is InChI=1S/C11H15N3O/c1-7-13-10-4-3-8(6-12-2)5-9(10)11(15)14-7/h3-5,7,12-13H,6H2,1-2H3,(H,14,15). The molecule has 80 valence electrons. The van der Waals surface area contributed by atoms with Crippen LogP contribution in [0, 0.1) is 0 Å². The van der Waals surface area contributed by atoms with Crippen LogP contribution in [0.4, 0.5) is 5.69 Å². The Morgan fingerprint density at radius 1 is 1.40 bits per heavy atom. The summed E-state index contributed by atoms with van der Waals surface area (Å²) in [5.74, 6) is -0.00537. The number of anilines is 1. The van der Waals surface area contributed by atoms with Crippen molar-refractivity contribution in [2.24, 2.45) is 0 Å². The fourth-order valence-corrected chi connectivity index (χ4v) is 1.76. The highest BCUT2D eigenvalue weighted by atomic mass is 16.2. The lowest BCUT2D eigenvalue weighted by atomic mass is 10.1. The van der Waals surface area contributed by atoms with Gasteiger partial charge in [-0.25, -0.2) is 0 Å². The van der Waals surface area contributed by atoms with Crippen LogP contribution in [0.3, 0.4) is 0 Å². The van der Waals surface area contributed by atoms with Crippen LogP contribution in [0.25, 0.3) is 0 Å². The molecule has 0 radical (unpaired) electrons. The highest BCUT2D eigenvalue weighted by molar-refractivity contribution is 6.01. The zero-order valence-corrected chi connectivity index (χ0v) is 8.92. The van der Waals surface area contributed by atoms with Gasteiger partial charge >= 0.3 is 0 Å². The summed E-state index contributed by atoms with van der Waals surface area (Å²) in [6.07, 6.45) is 0.000139. The maximum Gasteiger partial charge on any atom is 0.254 e. The molecule has 1 aromatic rings. The van der Waals surface area contributed by atoms with E-state index in [1.807, 2.05) is 32.2 Å². The molecule has 4 heteroatoms. The molecule has 15 heavy (non-hydrogen) atoms. The Labute approximate surface area is 89.1 Å². The van der Waals surface area contributed by atoms with Gasteiger partial charge < -0.3 is 16.0 Å². The van der Waals surface area contributed by atoms with E-state index in [1.54, 1.807) is 0 Å². The monoisotopic (exact) mass is 205 g/mol. The first-order valence-electron chi connectivity index (χ1n) is 5.05. The van der Waals surface area contributed by atoms with Crippen molar-refractivity contribution in [3.8, 4) is 0 Å². The molecule has 0 saturated carbocycles. The molecule has 0 aromatic heterocycles. The van der Waals surface area contributed by atoms with Crippen LogP contribution in [-0.4, -0.2) is 19.1 Å². The summed E-state index contributed by atoms with van der Waals surface area (Å²) in [7, 11) is 1.89. The number of hydrogen-bond acceptors (Lipinski definition) is 3. The molecular weight excluding hydrogens is 190 g/mol. The summed E-state index contributed by atoms with van der Waals surface area (Å²) in [5.41, 5.74) is 2.75. The Morgan fingerprint density at radius 3 is 2.93 bits per heavy atom. The van der Waals surface area contributed by atoms with E-state index < -0.39 is 0 Å². The van der Waals surface area contributed by atoms with E-state index in [-0.39, 0.29) is 12.1 Å². The number of benzene rings is 1. The Bertz CT molecular complexity index is 389. The highest BCUT2D eigenvalue weighted by Crippen LogP contribution is 2.21. The van der Waals surface area contributed by atoms with Crippen molar-refractivity contribution >= 4 is 11.6 Å². The minimum Gasteiger partial charge on any atom is -0.365 e. The summed E-state index contributed by atoms with van der Waals surface area (Å²) in [4.78, 5) is 11.7. The van der Waals surface area contributed by atoms with Crippen molar-refractivity contribution in [3.05, 3.63) is 29.3 Å². The second-order valence-corrected chi connectivity index (χ2v) is 3.75. The summed E-state index contributed by atoms with van der Waals surface area (Å²) < 4.78 is 0. The fraction of sp³-hybridized carbons (Fsp3) is 0.364. The van der Waals surface area contributed by atoms with Crippen molar-refractivity contribution in [1.82, 2.24) is 10.6 Å². The lowest BCUT2D eigenvalue weighted by molar-refractivity contribution is 0.0939. The molecule has 0 bridgehead atoms. The maximum absolute atomic E-state index is 11.7.